The molecule has 1 aromatic heterocycles. The summed E-state index contributed by atoms with van der Waals surface area (Å²) in [6, 6.07) is 9.89. The smallest absolute Gasteiger partial charge is 0.142 e. The van der Waals surface area contributed by atoms with E-state index in [0.29, 0.717) is 6.61 Å². The van der Waals surface area contributed by atoms with Crippen molar-refractivity contribution in [1.29, 1.82) is 0 Å². The highest BCUT2D eigenvalue weighted by atomic mass is 16.5. The zero-order chi connectivity index (χ0) is 16.2. The molecule has 2 rings (SSSR count). The van der Waals surface area contributed by atoms with Crippen LogP contribution in [0.5, 0.6) is 5.75 Å². The van der Waals surface area contributed by atoms with Crippen molar-refractivity contribution in [3.8, 4) is 5.75 Å². The molecule has 0 spiro atoms. The molecule has 1 heterocycles. The van der Waals surface area contributed by atoms with Crippen molar-refractivity contribution in [3.63, 3.8) is 0 Å². The largest absolute Gasteiger partial charge is 0.487 e. The van der Waals surface area contributed by atoms with Gasteiger partial charge in [0.05, 0.1) is 6.10 Å². The van der Waals surface area contributed by atoms with Crippen LogP contribution in [0, 0.1) is 0 Å². The van der Waals surface area contributed by atoms with Crippen LogP contribution in [0.2, 0.25) is 0 Å². The van der Waals surface area contributed by atoms with Gasteiger partial charge in [0.2, 0.25) is 0 Å². The van der Waals surface area contributed by atoms with Gasteiger partial charge < -0.3 is 14.4 Å². The minimum absolute atomic E-state index is 0.0449. The van der Waals surface area contributed by atoms with Crippen LogP contribution in [0.4, 0.5) is 0 Å². The first kappa shape index (κ1) is 16.6. The van der Waals surface area contributed by atoms with E-state index in [1.54, 1.807) is 6.92 Å². The summed E-state index contributed by atoms with van der Waals surface area (Å²) >= 11 is 0. The molecule has 2 aromatic rings. The monoisotopic (exact) mass is 303 g/mol. The Balaban J connectivity index is 1.88. The highest BCUT2D eigenvalue weighted by Gasteiger charge is 2.19. The van der Waals surface area contributed by atoms with Crippen LogP contribution in [0.1, 0.15) is 51.1 Å². The summed E-state index contributed by atoms with van der Waals surface area (Å²) in [5, 5.41) is 13.3. The van der Waals surface area contributed by atoms with E-state index in [4.69, 9.17) is 9.26 Å². The summed E-state index contributed by atoms with van der Waals surface area (Å²) < 4.78 is 11.1. The van der Waals surface area contributed by atoms with Gasteiger partial charge in [-0.15, -0.1) is 0 Å². The van der Waals surface area contributed by atoms with Crippen molar-refractivity contribution < 1.29 is 14.4 Å². The lowest BCUT2D eigenvalue weighted by atomic mass is 9.93. The highest BCUT2D eigenvalue weighted by molar-refractivity contribution is 5.27. The van der Waals surface area contributed by atoms with Crippen molar-refractivity contribution in [1.82, 2.24) is 5.16 Å². The molecule has 4 heteroatoms. The van der Waals surface area contributed by atoms with Crippen molar-refractivity contribution in [2.45, 2.75) is 58.7 Å². The Morgan fingerprint density at radius 3 is 2.45 bits per heavy atom. The molecule has 0 radical (unpaired) electrons. The van der Waals surface area contributed by atoms with Gasteiger partial charge in [0.1, 0.15) is 23.8 Å². The molecular formula is C18H25NO3. The Morgan fingerprint density at radius 1 is 1.23 bits per heavy atom. The zero-order valence-corrected chi connectivity index (χ0v) is 13.8. The van der Waals surface area contributed by atoms with Gasteiger partial charge in [-0.1, -0.05) is 38.1 Å². The SMILES string of the molecule is CC(O)CCc1ccc(OCc2cc(C(C)(C)C)on2)cc1. The van der Waals surface area contributed by atoms with E-state index in [2.05, 4.69) is 25.9 Å². The van der Waals surface area contributed by atoms with Crippen molar-refractivity contribution in [3.05, 3.63) is 47.3 Å². The Kier molecular flexibility index (Phi) is 5.24. The number of hydrogen-bond donors (Lipinski definition) is 1. The number of hydrogen-bond acceptors (Lipinski definition) is 4. The summed E-state index contributed by atoms with van der Waals surface area (Å²) in [5.41, 5.74) is 1.95. The summed E-state index contributed by atoms with van der Waals surface area (Å²) in [6.45, 7) is 8.46. The Bertz CT molecular complexity index is 579. The van der Waals surface area contributed by atoms with Crippen LogP contribution in [0.3, 0.4) is 0 Å². The van der Waals surface area contributed by atoms with Crippen LogP contribution in [-0.2, 0) is 18.4 Å². The fourth-order valence-electron chi connectivity index (χ4n) is 2.02. The topological polar surface area (TPSA) is 55.5 Å². The first-order valence-corrected chi connectivity index (χ1v) is 7.70. The van der Waals surface area contributed by atoms with Gasteiger partial charge in [-0.25, -0.2) is 0 Å². The fourth-order valence-corrected chi connectivity index (χ4v) is 2.02. The molecule has 0 bridgehead atoms. The van der Waals surface area contributed by atoms with Crippen LogP contribution in [0.25, 0.3) is 0 Å². The number of aliphatic hydroxyl groups excluding tert-OH is 1. The van der Waals surface area contributed by atoms with Crippen molar-refractivity contribution >= 4 is 0 Å². The predicted molar refractivity (Wildman–Crippen MR) is 86.0 cm³/mol. The summed E-state index contributed by atoms with van der Waals surface area (Å²) in [7, 11) is 0. The first-order chi connectivity index (χ1) is 10.3. The number of aliphatic hydroxyl groups is 1. The molecule has 0 fully saturated rings. The van der Waals surface area contributed by atoms with Crippen molar-refractivity contribution in [2.24, 2.45) is 0 Å². The third-order valence-electron chi connectivity index (χ3n) is 3.46. The molecule has 0 amide bonds. The normalized spacial score (nSPS) is 13.1. The minimum Gasteiger partial charge on any atom is -0.487 e. The van der Waals surface area contributed by atoms with E-state index >= 15 is 0 Å². The molecule has 120 valence electrons. The Hall–Kier alpha value is -1.81. The molecule has 1 atom stereocenters. The maximum Gasteiger partial charge on any atom is 0.142 e. The summed E-state index contributed by atoms with van der Waals surface area (Å²) in [4.78, 5) is 0. The van der Waals surface area contributed by atoms with Crippen LogP contribution < -0.4 is 4.74 Å². The molecule has 22 heavy (non-hydrogen) atoms. The number of rotatable bonds is 6. The number of benzene rings is 1. The van der Waals surface area contributed by atoms with Crippen LogP contribution in [0.15, 0.2) is 34.9 Å². The van der Waals surface area contributed by atoms with E-state index in [1.807, 2.05) is 30.3 Å². The average molecular weight is 303 g/mol. The molecule has 0 saturated carbocycles. The number of aryl methyl sites for hydroxylation is 1. The second-order valence-corrected chi connectivity index (χ2v) is 6.75. The quantitative estimate of drug-likeness (QED) is 0.880. The predicted octanol–water partition coefficient (Wildman–Crippen LogP) is 3.86. The van der Waals surface area contributed by atoms with E-state index in [-0.39, 0.29) is 11.5 Å². The average Bonchev–Trinajstić information content (AvgIpc) is 2.93. The second-order valence-electron chi connectivity index (χ2n) is 6.75. The molecule has 0 aliphatic carbocycles. The van der Waals surface area contributed by atoms with E-state index in [0.717, 1.165) is 30.0 Å². The standard InChI is InChI=1S/C18H25NO3/c1-13(20)5-6-14-7-9-16(10-8-14)21-12-15-11-17(22-19-15)18(2,3)4/h7-11,13,20H,5-6,12H2,1-4H3. The maximum atomic E-state index is 9.30. The molecule has 0 aliphatic heterocycles. The minimum atomic E-state index is -0.264. The van der Waals surface area contributed by atoms with Crippen molar-refractivity contribution in [2.75, 3.05) is 0 Å². The maximum absolute atomic E-state index is 9.30. The number of ether oxygens (including phenoxy) is 1. The second kappa shape index (κ2) is 6.97. The van der Waals surface area contributed by atoms with Gasteiger partial charge in [-0.05, 0) is 37.5 Å². The Morgan fingerprint density at radius 2 is 1.91 bits per heavy atom. The lowest BCUT2D eigenvalue weighted by Crippen LogP contribution is -2.09. The summed E-state index contributed by atoms with van der Waals surface area (Å²) in [5.74, 6) is 1.67. The van der Waals surface area contributed by atoms with Gasteiger partial charge in [-0.2, -0.15) is 0 Å². The van der Waals surface area contributed by atoms with Gasteiger partial charge in [0.25, 0.3) is 0 Å². The Labute approximate surface area is 132 Å². The molecular weight excluding hydrogens is 278 g/mol. The number of aromatic nitrogens is 1. The molecule has 0 aliphatic rings. The van der Waals surface area contributed by atoms with Gasteiger partial charge in [0, 0.05) is 11.5 Å². The third kappa shape index (κ3) is 4.88. The zero-order valence-electron chi connectivity index (χ0n) is 13.8. The van der Waals surface area contributed by atoms with Gasteiger partial charge in [-0.3, -0.25) is 0 Å². The van der Waals surface area contributed by atoms with Gasteiger partial charge in [0.15, 0.2) is 0 Å². The lowest BCUT2D eigenvalue weighted by molar-refractivity contribution is 0.185. The molecule has 1 unspecified atom stereocenters. The fraction of sp³-hybridized carbons (Fsp3) is 0.500. The lowest BCUT2D eigenvalue weighted by Gasteiger charge is -2.12. The number of nitrogens with zero attached hydrogens (tertiary/aromatic N) is 1. The molecule has 0 saturated heterocycles. The van der Waals surface area contributed by atoms with Gasteiger partial charge >= 0.3 is 0 Å². The van der Waals surface area contributed by atoms with E-state index < -0.39 is 0 Å². The van der Waals surface area contributed by atoms with E-state index in [9.17, 15) is 5.11 Å². The summed E-state index contributed by atoms with van der Waals surface area (Å²) in [6.07, 6.45) is 1.38. The molecule has 1 N–H and O–H groups in total. The molecule has 4 nitrogen and oxygen atoms in total. The first-order valence-electron chi connectivity index (χ1n) is 7.70. The van der Waals surface area contributed by atoms with Crippen LogP contribution in [-0.4, -0.2) is 16.4 Å². The van der Waals surface area contributed by atoms with Crippen LogP contribution >= 0.6 is 0 Å². The highest BCUT2D eigenvalue weighted by Crippen LogP contribution is 2.23. The third-order valence-corrected chi connectivity index (χ3v) is 3.46. The van der Waals surface area contributed by atoms with E-state index in [1.165, 1.54) is 5.56 Å². The molecule has 1 aromatic carbocycles.